The van der Waals surface area contributed by atoms with Crippen molar-refractivity contribution in [3.63, 3.8) is 0 Å². The summed E-state index contributed by atoms with van der Waals surface area (Å²) in [5.74, 6) is -0.582. The zero-order valence-electron chi connectivity index (χ0n) is 13.9. The van der Waals surface area contributed by atoms with Crippen LogP contribution < -0.4 is 5.32 Å². The van der Waals surface area contributed by atoms with E-state index >= 15 is 0 Å². The molecular formula is C20H15BrN2O3. The van der Waals surface area contributed by atoms with E-state index in [1.807, 2.05) is 42.5 Å². The molecule has 1 amide bonds. The van der Waals surface area contributed by atoms with Gasteiger partial charge in [-0.25, -0.2) is 4.79 Å². The molecule has 6 heteroatoms. The summed E-state index contributed by atoms with van der Waals surface area (Å²) >= 11 is 3.44. The van der Waals surface area contributed by atoms with Crippen LogP contribution in [-0.4, -0.2) is 23.5 Å². The van der Waals surface area contributed by atoms with E-state index in [1.54, 1.807) is 13.0 Å². The Morgan fingerprint density at radius 3 is 2.73 bits per heavy atom. The van der Waals surface area contributed by atoms with E-state index in [2.05, 4.69) is 26.2 Å². The predicted molar refractivity (Wildman–Crippen MR) is 105 cm³/mol. The number of aromatic amines is 1. The lowest BCUT2D eigenvalue weighted by molar-refractivity contribution is -0.110. The average Bonchev–Trinajstić information content (AvgIpc) is 3.14. The van der Waals surface area contributed by atoms with Crippen LogP contribution in [0.25, 0.3) is 22.4 Å². The van der Waals surface area contributed by atoms with Crippen LogP contribution in [0.15, 0.2) is 46.9 Å². The maximum absolute atomic E-state index is 12.4. The number of benzene rings is 2. The molecule has 26 heavy (non-hydrogen) atoms. The highest BCUT2D eigenvalue weighted by Crippen LogP contribution is 2.36. The van der Waals surface area contributed by atoms with Crippen LogP contribution in [0.4, 0.5) is 5.69 Å². The van der Waals surface area contributed by atoms with Crippen LogP contribution in [-0.2, 0) is 9.53 Å². The van der Waals surface area contributed by atoms with Crippen molar-refractivity contribution in [3.8, 4) is 0 Å². The minimum atomic E-state index is -0.410. The Morgan fingerprint density at radius 2 is 1.96 bits per heavy atom. The van der Waals surface area contributed by atoms with Gasteiger partial charge >= 0.3 is 5.97 Å². The number of rotatable bonds is 3. The fraction of sp³-hybridized carbons (Fsp3) is 0.100. The summed E-state index contributed by atoms with van der Waals surface area (Å²) in [4.78, 5) is 27.8. The SMILES string of the molecule is CCOC(=O)c1[nH]c(C=C2C(=O)Nc3ccc(Br)cc32)c2ccccc12. The van der Waals surface area contributed by atoms with Crippen LogP contribution >= 0.6 is 15.9 Å². The second kappa shape index (κ2) is 6.46. The normalized spacial score (nSPS) is 14.5. The molecule has 130 valence electrons. The number of fused-ring (bicyclic) bond motifs is 2. The molecule has 0 spiro atoms. The van der Waals surface area contributed by atoms with Crippen LogP contribution in [0, 0.1) is 0 Å². The molecule has 1 aliphatic rings. The summed E-state index contributed by atoms with van der Waals surface area (Å²) in [5.41, 5.74) is 3.22. The molecule has 1 aromatic heterocycles. The molecule has 0 saturated carbocycles. The summed E-state index contributed by atoms with van der Waals surface area (Å²) in [6.07, 6.45) is 1.78. The molecule has 0 saturated heterocycles. The number of hydrogen-bond donors (Lipinski definition) is 2. The lowest BCUT2D eigenvalue weighted by Gasteiger charge is -2.00. The predicted octanol–water partition coefficient (Wildman–Crippen LogP) is 4.60. The van der Waals surface area contributed by atoms with Crippen molar-refractivity contribution in [2.75, 3.05) is 11.9 Å². The van der Waals surface area contributed by atoms with Crippen molar-refractivity contribution < 1.29 is 14.3 Å². The third kappa shape index (κ3) is 2.72. The first kappa shape index (κ1) is 16.6. The maximum Gasteiger partial charge on any atom is 0.355 e. The molecule has 0 aliphatic carbocycles. The van der Waals surface area contributed by atoms with Gasteiger partial charge in [-0.15, -0.1) is 0 Å². The maximum atomic E-state index is 12.4. The third-order valence-electron chi connectivity index (χ3n) is 4.28. The first-order valence-electron chi connectivity index (χ1n) is 8.19. The zero-order valence-corrected chi connectivity index (χ0v) is 15.5. The third-order valence-corrected chi connectivity index (χ3v) is 4.77. The molecule has 3 aromatic rings. The molecule has 1 aliphatic heterocycles. The number of amides is 1. The smallest absolute Gasteiger partial charge is 0.355 e. The Labute approximate surface area is 158 Å². The Morgan fingerprint density at radius 1 is 1.19 bits per heavy atom. The van der Waals surface area contributed by atoms with Gasteiger partial charge in [0, 0.05) is 32.2 Å². The van der Waals surface area contributed by atoms with Crippen LogP contribution in [0.3, 0.4) is 0 Å². The molecule has 5 nitrogen and oxygen atoms in total. The fourth-order valence-corrected chi connectivity index (χ4v) is 3.49. The van der Waals surface area contributed by atoms with Gasteiger partial charge in [0.2, 0.25) is 0 Å². The van der Waals surface area contributed by atoms with E-state index in [1.165, 1.54) is 0 Å². The Bertz CT molecular complexity index is 1080. The van der Waals surface area contributed by atoms with E-state index in [0.717, 1.165) is 26.5 Å². The van der Waals surface area contributed by atoms with Gasteiger partial charge in [0.1, 0.15) is 5.69 Å². The van der Waals surface area contributed by atoms with E-state index in [4.69, 9.17) is 4.74 Å². The second-order valence-electron chi connectivity index (χ2n) is 5.88. The lowest BCUT2D eigenvalue weighted by atomic mass is 10.0. The number of ether oxygens (including phenoxy) is 1. The largest absolute Gasteiger partial charge is 0.461 e. The van der Waals surface area contributed by atoms with Gasteiger partial charge in [-0.05, 0) is 31.2 Å². The molecule has 4 rings (SSSR count). The van der Waals surface area contributed by atoms with Crippen LogP contribution in [0.5, 0.6) is 0 Å². The molecule has 0 fully saturated rings. The van der Waals surface area contributed by atoms with Crippen molar-refractivity contribution in [1.82, 2.24) is 4.98 Å². The van der Waals surface area contributed by atoms with Crippen molar-refractivity contribution in [2.45, 2.75) is 6.92 Å². The average molecular weight is 411 g/mol. The Hall–Kier alpha value is -2.86. The lowest BCUT2D eigenvalue weighted by Crippen LogP contribution is -2.05. The van der Waals surface area contributed by atoms with Crippen LogP contribution in [0.1, 0.15) is 28.7 Å². The number of halogens is 1. The first-order valence-corrected chi connectivity index (χ1v) is 8.98. The summed E-state index contributed by atoms with van der Waals surface area (Å²) in [6.45, 7) is 2.07. The van der Waals surface area contributed by atoms with Gasteiger partial charge in [-0.3, -0.25) is 4.79 Å². The quantitative estimate of drug-likeness (QED) is 0.489. The fourth-order valence-electron chi connectivity index (χ4n) is 3.13. The minimum absolute atomic E-state index is 0.172. The number of hydrogen-bond acceptors (Lipinski definition) is 3. The topological polar surface area (TPSA) is 71.2 Å². The molecule has 2 aromatic carbocycles. The van der Waals surface area contributed by atoms with Gasteiger partial charge in [0.15, 0.2) is 0 Å². The summed E-state index contributed by atoms with van der Waals surface area (Å²) in [6, 6.07) is 13.2. The molecule has 2 N–H and O–H groups in total. The highest BCUT2D eigenvalue weighted by molar-refractivity contribution is 9.10. The van der Waals surface area contributed by atoms with Gasteiger partial charge in [0.25, 0.3) is 5.91 Å². The zero-order chi connectivity index (χ0) is 18.3. The van der Waals surface area contributed by atoms with E-state index < -0.39 is 5.97 Å². The monoisotopic (exact) mass is 410 g/mol. The van der Waals surface area contributed by atoms with Crippen molar-refractivity contribution in [3.05, 3.63) is 63.9 Å². The van der Waals surface area contributed by atoms with Crippen LogP contribution in [0.2, 0.25) is 0 Å². The molecule has 0 bridgehead atoms. The highest BCUT2D eigenvalue weighted by Gasteiger charge is 2.25. The second-order valence-corrected chi connectivity index (χ2v) is 6.80. The van der Waals surface area contributed by atoms with Crippen molar-refractivity contribution >= 4 is 55.9 Å². The highest BCUT2D eigenvalue weighted by atomic mass is 79.9. The van der Waals surface area contributed by atoms with Crippen molar-refractivity contribution in [2.24, 2.45) is 0 Å². The summed E-state index contributed by atoms with van der Waals surface area (Å²) in [7, 11) is 0. The Balaban J connectivity index is 1.89. The summed E-state index contributed by atoms with van der Waals surface area (Å²) in [5, 5.41) is 4.49. The molecule has 2 heterocycles. The van der Waals surface area contributed by atoms with Gasteiger partial charge in [-0.1, -0.05) is 40.2 Å². The minimum Gasteiger partial charge on any atom is -0.461 e. The van der Waals surface area contributed by atoms with E-state index in [9.17, 15) is 9.59 Å². The molecule has 0 atom stereocenters. The standard InChI is InChI=1S/C20H15BrN2O3/c1-2-26-20(25)18-13-6-4-3-5-12(13)17(22-18)10-15-14-9-11(21)7-8-16(14)23-19(15)24/h3-10,22H,2H2,1H3,(H,23,24). The van der Waals surface area contributed by atoms with Crippen molar-refractivity contribution in [1.29, 1.82) is 0 Å². The number of nitrogens with one attached hydrogen (secondary N) is 2. The van der Waals surface area contributed by atoms with E-state index in [-0.39, 0.29) is 5.91 Å². The number of anilines is 1. The molecular weight excluding hydrogens is 396 g/mol. The number of aromatic nitrogens is 1. The number of carbonyl (C=O) groups is 2. The van der Waals surface area contributed by atoms with E-state index in [0.29, 0.717) is 23.6 Å². The molecule has 0 unspecified atom stereocenters. The first-order chi connectivity index (χ1) is 12.6. The molecule has 0 radical (unpaired) electrons. The Kier molecular flexibility index (Phi) is 4.12. The summed E-state index contributed by atoms with van der Waals surface area (Å²) < 4.78 is 6.03. The van der Waals surface area contributed by atoms with Gasteiger partial charge in [0.05, 0.1) is 12.2 Å². The van der Waals surface area contributed by atoms with Gasteiger partial charge in [-0.2, -0.15) is 0 Å². The number of H-pyrrole nitrogens is 1. The number of carbonyl (C=O) groups excluding carboxylic acids is 2. The number of esters is 1. The van der Waals surface area contributed by atoms with Gasteiger partial charge < -0.3 is 15.0 Å².